The number of halogens is 4. The highest BCUT2D eigenvalue weighted by Crippen LogP contribution is 2.31. The van der Waals surface area contributed by atoms with E-state index >= 15 is 0 Å². The predicted molar refractivity (Wildman–Crippen MR) is 79.2 cm³/mol. The molecule has 2 rings (SSSR count). The van der Waals surface area contributed by atoms with Crippen molar-refractivity contribution in [2.75, 3.05) is 0 Å². The Bertz CT molecular complexity index is 609. The van der Waals surface area contributed by atoms with Crippen LogP contribution >= 0.6 is 39.1 Å². The molecule has 0 spiro atoms. The first-order chi connectivity index (χ1) is 8.90. The molecule has 0 fully saturated rings. The smallest absolute Gasteiger partial charge is 0.162 e. The second-order valence-electron chi connectivity index (χ2n) is 4.33. The van der Waals surface area contributed by atoms with Gasteiger partial charge >= 0.3 is 0 Å². The quantitative estimate of drug-likeness (QED) is 0.660. The van der Waals surface area contributed by atoms with Gasteiger partial charge in [-0.25, -0.2) is 14.4 Å². The standard InChI is InChI=1S/C13H10BrCl2FN2/c1-6(2)10-11(15)18-13(19-12(10)16)7-3-4-8(14)9(17)5-7/h3-6H,1-2H3. The molecule has 0 saturated heterocycles. The fourth-order valence-electron chi connectivity index (χ4n) is 1.66. The third-order valence-corrected chi connectivity index (χ3v) is 3.83. The van der Waals surface area contributed by atoms with Crippen LogP contribution in [0.3, 0.4) is 0 Å². The maximum Gasteiger partial charge on any atom is 0.162 e. The Morgan fingerprint density at radius 1 is 1.16 bits per heavy atom. The summed E-state index contributed by atoms with van der Waals surface area (Å²) >= 11 is 15.3. The van der Waals surface area contributed by atoms with Crippen molar-refractivity contribution in [3.8, 4) is 11.4 Å². The van der Waals surface area contributed by atoms with E-state index in [1.807, 2.05) is 13.8 Å². The van der Waals surface area contributed by atoms with E-state index in [9.17, 15) is 4.39 Å². The molecule has 0 radical (unpaired) electrons. The van der Waals surface area contributed by atoms with Crippen molar-refractivity contribution in [1.82, 2.24) is 9.97 Å². The molecule has 0 unspecified atom stereocenters. The molecule has 1 aromatic heterocycles. The number of aromatic nitrogens is 2. The molecule has 0 bridgehead atoms. The first-order valence-corrected chi connectivity index (χ1v) is 7.13. The highest BCUT2D eigenvalue weighted by molar-refractivity contribution is 9.10. The van der Waals surface area contributed by atoms with Crippen molar-refractivity contribution in [3.05, 3.63) is 44.4 Å². The van der Waals surface area contributed by atoms with Crippen LogP contribution in [-0.2, 0) is 0 Å². The first-order valence-electron chi connectivity index (χ1n) is 5.58. The normalized spacial score (nSPS) is 11.1. The Morgan fingerprint density at radius 2 is 1.74 bits per heavy atom. The number of hydrogen-bond acceptors (Lipinski definition) is 2. The zero-order valence-electron chi connectivity index (χ0n) is 10.2. The zero-order chi connectivity index (χ0) is 14.2. The fraction of sp³-hybridized carbons (Fsp3) is 0.231. The third-order valence-electron chi connectivity index (χ3n) is 2.61. The zero-order valence-corrected chi connectivity index (χ0v) is 13.3. The Kier molecular flexibility index (Phi) is 4.43. The average Bonchev–Trinajstić information content (AvgIpc) is 2.31. The molecule has 2 nitrogen and oxygen atoms in total. The van der Waals surface area contributed by atoms with Gasteiger partial charge in [-0.3, -0.25) is 0 Å². The number of rotatable bonds is 2. The molecule has 0 N–H and O–H groups in total. The Labute approximate surface area is 129 Å². The second kappa shape index (κ2) is 5.73. The van der Waals surface area contributed by atoms with Crippen molar-refractivity contribution in [3.63, 3.8) is 0 Å². The largest absolute Gasteiger partial charge is 0.216 e. The summed E-state index contributed by atoms with van der Waals surface area (Å²) in [6.07, 6.45) is 0. The van der Waals surface area contributed by atoms with Crippen molar-refractivity contribution < 1.29 is 4.39 Å². The van der Waals surface area contributed by atoms with E-state index in [2.05, 4.69) is 25.9 Å². The van der Waals surface area contributed by atoms with Gasteiger partial charge in [0.1, 0.15) is 16.1 Å². The number of nitrogens with zero attached hydrogens (tertiary/aromatic N) is 2. The van der Waals surface area contributed by atoms with Gasteiger partial charge in [-0.05, 0) is 40.0 Å². The van der Waals surface area contributed by atoms with E-state index in [-0.39, 0.29) is 11.7 Å². The van der Waals surface area contributed by atoms with Crippen LogP contribution in [0.4, 0.5) is 4.39 Å². The van der Waals surface area contributed by atoms with Gasteiger partial charge in [0, 0.05) is 11.1 Å². The summed E-state index contributed by atoms with van der Waals surface area (Å²) < 4.78 is 13.9. The molecule has 0 aliphatic rings. The van der Waals surface area contributed by atoms with Crippen LogP contribution in [0, 0.1) is 5.82 Å². The van der Waals surface area contributed by atoms with Crippen molar-refractivity contribution in [2.45, 2.75) is 19.8 Å². The molecule has 100 valence electrons. The van der Waals surface area contributed by atoms with E-state index in [4.69, 9.17) is 23.2 Å². The lowest BCUT2D eigenvalue weighted by atomic mass is 10.1. The predicted octanol–water partition coefficient (Wildman–Crippen LogP) is 5.48. The fourth-order valence-corrected chi connectivity index (χ4v) is 2.73. The van der Waals surface area contributed by atoms with E-state index in [1.54, 1.807) is 12.1 Å². The van der Waals surface area contributed by atoms with E-state index in [0.717, 1.165) is 0 Å². The van der Waals surface area contributed by atoms with Gasteiger partial charge in [-0.2, -0.15) is 0 Å². The van der Waals surface area contributed by atoms with Crippen LogP contribution in [-0.4, -0.2) is 9.97 Å². The van der Waals surface area contributed by atoms with Crippen LogP contribution in [0.1, 0.15) is 25.3 Å². The third kappa shape index (κ3) is 3.07. The molecule has 0 aliphatic carbocycles. The van der Waals surface area contributed by atoms with Crippen LogP contribution in [0.25, 0.3) is 11.4 Å². The van der Waals surface area contributed by atoms with Crippen LogP contribution in [0.2, 0.25) is 10.3 Å². The summed E-state index contributed by atoms with van der Waals surface area (Å²) in [7, 11) is 0. The van der Waals surface area contributed by atoms with Crippen molar-refractivity contribution in [2.24, 2.45) is 0 Å². The summed E-state index contributed by atoms with van der Waals surface area (Å²) in [4.78, 5) is 8.37. The average molecular weight is 364 g/mol. The lowest BCUT2D eigenvalue weighted by molar-refractivity contribution is 0.621. The molecule has 2 aromatic rings. The molecular formula is C13H10BrCl2FN2. The number of hydrogen-bond donors (Lipinski definition) is 0. The minimum Gasteiger partial charge on any atom is -0.216 e. The van der Waals surface area contributed by atoms with Crippen LogP contribution in [0.5, 0.6) is 0 Å². The van der Waals surface area contributed by atoms with Gasteiger partial charge in [0.2, 0.25) is 0 Å². The summed E-state index contributed by atoms with van der Waals surface area (Å²) in [5, 5.41) is 0.599. The molecule has 19 heavy (non-hydrogen) atoms. The lowest BCUT2D eigenvalue weighted by Crippen LogP contribution is -1.99. The molecule has 0 saturated carbocycles. The monoisotopic (exact) mass is 362 g/mol. The van der Waals surface area contributed by atoms with Gasteiger partial charge < -0.3 is 0 Å². The van der Waals surface area contributed by atoms with E-state index in [1.165, 1.54) is 6.07 Å². The summed E-state index contributed by atoms with van der Waals surface area (Å²) in [6.45, 7) is 3.91. The van der Waals surface area contributed by atoms with Crippen molar-refractivity contribution >= 4 is 39.1 Å². The minimum atomic E-state index is -0.388. The van der Waals surface area contributed by atoms with E-state index < -0.39 is 0 Å². The van der Waals surface area contributed by atoms with Gasteiger partial charge in [0.15, 0.2) is 5.82 Å². The lowest BCUT2D eigenvalue weighted by Gasteiger charge is -2.11. The molecule has 6 heteroatoms. The van der Waals surface area contributed by atoms with Crippen LogP contribution in [0.15, 0.2) is 22.7 Å². The maximum absolute atomic E-state index is 13.5. The van der Waals surface area contributed by atoms with Crippen molar-refractivity contribution in [1.29, 1.82) is 0 Å². The van der Waals surface area contributed by atoms with E-state index in [0.29, 0.717) is 31.7 Å². The summed E-state index contributed by atoms with van der Waals surface area (Å²) in [5.41, 5.74) is 1.23. The Balaban J connectivity index is 2.55. The maximum atomic E-state index is 13.5. The van der Waals surface area contributed by atoms with Gasteiger partial charge in [0.25, 0.3) is 0 Å². The molecule has 0 atom stereocenters. The molecule has 0 aliphatic heterocycles. The Morgan fingerprint density at radius 3 is 2.21 bits per heavy atom. The molecular weight excluding hydrogens is 354 g/mol. The molecule has 1 aromatic carbocycles. The minimum absolute atomic E-state index is 0.121. The highest BCUT2D eigenvalue weighted by atomic mass is 79.9. The summed E-state index contributed by atoms with van der Waals surface area (Å²) in [5.74, 6) is 0.0442. The Hall–Kier alpha value is -0.710. The summed E-state index contributed by atoms with van der Waals surface area (Å²) in [6, 6.07) is 4.62. The molecule has 0 amide bonds. The van der Waals surface area contributed by atoms with Gasteiger partial charge in [0.05, 0.1) is 4.47 Å². The topological polar surface area (TPSA) is 25.8 Å². The number of benzene rings is 1. The molecule has 1 heterocycles. The van der Waals surface area contributed by atoms with Gasteiger partial charge in [-0.15, -0.1) is 0 Å². The SMILES string of the molecule is CC(C)c1c(Cl)nc(-c2ccc(Br)c(F)c2)nc1Cl. The second-order valence-corrected chi connectivity index (χ2v) is 5.90. The first kappa shape index (κ1) is 14.7. The van der Waals surface area contributed by atoms with Crippen LogP contribution < -0.4 is 0 Å². The van der Waals surface area contributed by atoms with Gasteiger partial charge in [-0.1, -0.05) is 37.0 Å². The highest BCUT2D eigenvalue weighted by Gasteiger charge is 2.16.